The Hall–Kier alpha value is -1.79. The van der Waals surface area contributed by atoms with E-state index in [-0.39, 0.29) is 30.8 Å². The maximum absolute atomic E-state index is 11.5. The van der Waals surface area contributed by atoms with E-state index in [1.54, 1.807) is 0 Å². The molecule has 0 fully saturated rings. The first-order valence-electron chi connectivity index (χ1n) is 7.49. The molecule has 0 heterocycles. The molecule has 7 nitrogen and oxygen atoms in total. The molecule has 0 saturated heterocycles. The lowest BCUT2D eigenvalue weighted by Gasteiger charge is -2.14. The van der Waals surface area contributed by atoms with Gasteiger partial charge in [-0.15, -0.1) is 0 Å². The number of amides is 3. The third kappa shape index (κ3) is 11.7. The second-order valence-electron chi connectivity index (χ2n) is 4.95. The standard InChI is InChI=1S/C14H27N3O4/c1-3-8-15-12(18)10-17-14(21)16-9-7-11(4-2)5-6-13(19)20/h11H,3-10H2,1-2H3,(H,15,18)(H,19,20)(H2,16,17,21). The van der Waals surface area contributed by atoms with Crippen molar-refractivity contribution in [3.05, 3.63) is 0 Å². The number of carboxylic acids is 1. The van der Waals surface area contributed by atoms with E-state index < -0.39 is 5.97 Å². The number of hydrogen-bond acceptors (Lipinski definition) is 3. The summed E-state index contributed by atoms with van der Waals surface area (Å²) < 4.78 is 0. The van der Waals surface area contributed by atoms with E-state index in [9.17, 15) is 14.4 Å². The molecule has 0 bridgehead atoms. The molecule has 21 heavy (non-hydrogen) atoms. The molecule has 0 aliphatic rings. The molecule has 1 unspecified atom stereocenters. The summed E-state index contributed by atoms with van der Waals surface area (Å²) in [6.45, 7) is 4.99. The number of hydrogen-bond donors (Lipinski definition) is 4. The third-order valence-electron chi connectivity index (χ3n) is 3.16. The van der Waals surface area contributed by atoms with Crippen molar-refractivity contribution in [1.82, 2.24) is 16.0 Å². The second-order valence-corrected chi connectivity index (χ2v) is 4.95. The Balaban J connectivity index is 3.72. The van der Waals surface area contributed by atoms with Crippen LogP contribution in [0, 0.1) is 5.92 Å². The van der Waals surface area contributed by atoms with E-state index in [2.05, 4.69) is 16.0 Å². The van der Waals surface area contributed by atoms with E-state index in [4.69, 9.17) is 5.11 Å². The van der Waals surface area contributed by atoms with Gasteiger partial charge < -0.3 is 21.1 Å². The number of aliphatic carboxylic acids is 1. The Morgan fingerprint density at radius 1 is 1.00 bits per heavy atom. The quantitative estimate of drug-likeness (QED) is 0.458. The Bertz CT molecular complexity index is 334. The van der Waals surface area contributed by atoms with Gasteiger partial charge in [-0.05, 0) is 25.2 Å². The monoisotopic (exact) mass is 301 g/mol. The summed E-state index contributed by atoms with van der Waals surface area (Å²) in [6, 6.07) is -0.380. The van der Waals surface area contributed by atoms with Gasteiger partial charge in [0.25, 0.3) is 0 Å². The molecular formula is C14H27N3O4. The van der Waals surface area contributed by atoms with Crippen LogP contribution in [-0.4, -0.2) is 42.6 Å². The number of carbonyl (C=O) groups excluding carboxylic acids is 2. The molecular weight excluding hydrogens is 274 g/mol. The minimum atomic E-state index is -0.794. The van der Waals surface area contributed by atoms with Crippen LogP contribution in [0.5, 0.6) is 0 Å². The lowest BCUT2D eigenvalue weighted by atomic mass is 9.97. The van der Waals surface area contributed by atoms with Crippen molar-refractivity contribution in [2.45, 2.75) is 46.0 Å². The number of carboxylic acid groups (broad SMARTS) is 1. The molecule has 0 radical (unpaired) electrons. The van der Waals surface area contributed by atoms with Crippen molar-refractivity contribution in [3.63, 3.8) is 0 Å². The van der Waals surface area contributed by atoms with Crippen molar-refractivity contribution in [3.8, 4) is 0 Å². The van der Waals surface area contributed by atoms with E-state index >= 15 is 0 Å². The van der Waals surface area contributed by atoms with Crippen LogP contribution in [0.3, 0.4) is 0 Å². The van der Waals surface area contributed by atoms with Crippen LogP contribution >= 0.6 is 0 Å². The number of carbonyl (C=O) groups is 3. The lowest BCUT2D eigenvalue weighted by molar-refractivity contribution is -0.137. The molecule has 122 valence electrons. The molecule has 0 aliphatic heterocycles. The number of urea groups is 1. The highest BCUT2D eigenvalue weighted by atomic mass is 16.4. The van der Waals surface area contributed by atoms with Crippen molar-refractivity contribution in [2.75, 3.05) is 19.6 Å². The molecule has 0 saturated carbocycles. The first-order chi connectivity index (χ1) is 9.99. The summed E-state index contributed by atoms with van der Waals surface area (Å²) in [4.78, 5) is 33.2. The minimum Gasteiger partial charge on any atom is -0.481 e. The van der Waals surface area contributed by atoms with Crippen LogP contribution in [0.4, 0.5) is 4.79 Å². The van der Waals surface area contributed by atoms with Crippen LogP contribution in [0.15, 0.2) is 0 Å². The van der Waals surface area contributed by atoms with Gasteiger partial charge in [-0.1, -0.05) is 20.3 Å². The molecule has 4 N–H and O–H groups in total. The lowest BCUT2D eigenvalue weighted by Crippen LogP contribution is -2.42. The average molecular weight is 301 g/mol. The van der Waals surface area contributed by atoms with E-state index in [1.807, 2.05) is 13.8 Å². The topological polar surface area (TPSA) is 108 Å². The fourth-order valence-corrected chi connectivity index (χ4v) is 1.82. The van der Waals surface area contributed by atoms with Crippen LogP contribution < -0.4 is 16.0 Å². The van der Waals surface area contributed by atoms with E-state index in [0.29, 0.717) is 19.5 Å². The van der Waals surface area contributed by atoms with Crippen molar-refractivity contribution >= 4 is 17.9 Å². The molecule has 3 amide bonds. The van der Waals surface area contributed by atoms with Crippen molar-refractivity contribution in [1.29, 1.82) is 0 Å². The second kappa shape index (κ2) is 12.0. The zero-order valence-corrected chi connectivity index (χ0v) is 12.9. The largest absolute Gasteiger partial charge is 0.481 e. The van der Waals surface area contributed by atoms with Gasteiger partial charge in [0.1, 0.15) is 0 Å². The van der Waals surface area contributed by atoms with Gasteiger partial charge in [0.15, 0.2) is 0 Å². The van der Waals surface area contributed by atoms with Gasteiger partial charge in [0.05, 0.1) is 6.54 Å². The number of nitrogens with one attached hydrogen (secondary N) is 3. The average Bonchev–Trinajstić information content (AvgIpc) is 2.46. The molecule has 0 rings (SSSR count). The predicted octanol–water partition coefficient (Wildman–Crippen LogP) is 1.09. The molecule has 0 aromatic rings. The van der Waals surface area contributed by atoms with Gasteiger partial charge in [0.2, 0.25) is 5.91 Å². The summed E-state index contributed by atoms with van der Waals surface area (Å²) >= 11 is 0. The normalized spacial score (nSPS) is 11.5. The zero-order chi connectivity index (χ0) is 16.1. The van der Waals surface area contributed by atoms with E-state index in [0.717, 1.165) is 19.3 Å². The minimum absolute atomic E-state index is 0.0396. The Morgan fingerprint density at radius 3 is 2.29 bits per heavy atom. The van der Waals surface area contributed by atoms with Crippen molar-refractivity contribution in [2.24, 2.45) is 5.92 Å². The first-order valence-corrected chi connectivity index (χ1v) is 7.49. The van der Waals surface area contributed by atoms with Crippen LogP contribution in [0.1, 0.15) is 46.0 Å². The smallest absolute Gasteiger partial charge is 0.315 e. The number of rotatable bonds is 11. The molecule has 1 atom stereocenters. The van der Waals surface area contributed by atoms with Gasteiger partial charge in [-0.3, -0.25) is 9.59 Å². The first kappa shape index (κ1) is 19.2. The maximum Gasteiger partial charge on any atom is 0.315 e. The highest BCUT2D eigenvalue weighted by Gasteiger charge is 2.10. The predicted molar refractivity (Wildman–Crippen MR) is 80.0 cm³/mol. The van der Waals surface area contributed by atoms with Crippen LogP contribution in [0.25, 0.3) is 0 Å². The summed E-state index contributed by atoms with van der Waals surface area (Å²) in [6.07, 6.45) is 3.25. The summed E-state index contributed by atoms with van der Waals surface area (Å²) in [7, 11) is 0. The van der Waals surface area contributed by atoms with Crippen LogP contribution in [-0.2, 0) is 9.59 Å². The summed E-state index contributed by atoms with van der Waals surface area (Å²) in [5.41, 5.74) is 0. The van der Waals surface area contributed by atoms with Crippen molar-refractivity contribution < 1.29 is 19.5 Å². The Morgan fingerprint density at radius 2 is 1.71 bits per heavy atom. The Kier molecular flexibility index (Phi) is 11.0. The molecule has 7 heteroatoms. The molecule has 0 spiro atoms. The van der Waals surface area contributed by atoms with Gasteiger partial charge >= 0.3 is 12.0 Å². The van der Waals surface area contributed by atoms with Gasteiger partial charge in [-0.2, -0.15) is 0 Å². The van der Waals surface area contributed by atoms with E-state index in [1.165, 1.54) is 0 Å². The highest BCUT2D eigenvalue weighted by Crippen LogP contribution is 2.14. The SMILES string of the molecule is CCCNC(=O)CNC(=O)NCCC(CC)CCC(=O)O. The fraction of sp³-hybridized carbons (Fsp3) is 0.786. The Labute approximate surface area is 125 Å². The fourth-order valence-electron chi connectivity index (χ4n) is 1.82. The maximum atomic E-state index is 11.5. The highest BCUT2D eigenvalue weighted by molar-refractivity contribution is 5.83. The van der Waals surface area contributed by atoms with Gasteiger partial charge in [-0.25, -0.2) is 4.79 Å². The third-order valence-corrected chi connectivity index (χ3v) is 3.16. The van der Waals surface area contributed by atoms with Crippen LogP contribution in [0.2, 0.25) is 0 Å². The summed E-state index contributed by atoms with van der Waals surface area (Å²) in [5.74, 6) is -0.716. The summed E-state index contributed by atoms with van der Waals surface area (Å²) in [5, 5.41) is 16.4. The molecule has 0 aromatic heterocycles. The van der Waals surface area contributed by atoms with Gasteiger partial charge in [0, 0.05) is 19.5 Å². The molecule has 0 aliphatic carbocycles. The molecule has 0 aromatic carbocycles. The zero-order valence-electron chi connectivity index (χ0n) is 12.9.